The number of hydrogen-bond donors (Lipinski definition) is 1. The number of anilines is 1. The molecule has 0 spiro atoms. The number of carbonyl (C=O) groups excluding carboxylic acids is 1. The second-order valence-corrected chi connectivity index (χ2v) is 2.77. The largest absolute Gasteiger partial charge is 0.478 e. The zero-order valence-electron chi connectivity index (χ0n) is 8.84. The summed E-state index contributed by atoms with van der Waals surface area (Å²) in [5, 5.41) is 9.70. The van der Waals surface area contributed by atoms with Gasteiger partial charge in [0, 0.05) is 0 Å². The Kier molecular flexibility index (Phi) is 3.84. The summed E-state index contributed by atoms with van der Waals surface area (Å²) < 4.78 is 4.46. The van der Waals surface area contributed by atoms with Crippen LogP contribution in [0.5, 0.6) is 0 Å². The first-order valence-corrected chi connectivity index (χ1v) is 4.36. The van der Waals surface area contributed by atoms with Crippen molar-refractivity contribution in [3.63, 3.8) is 0 Å². The van der Waals surface area contributed by atoms with Gasteiger partial charge in [-0.2, -0.15) is 5.06 Å². The van der Waals surface area contributed by atoms with Crippen LogP contribution in [-0.2, 0) is 9.57 Å². The van der Waals surface area contributed by atoms with E-state index in [1.807, 2.05) is 0 Å². The topological polar surface area (TPSA) is 76.1 Å². The number of hydrogen-bond acceptors (Lipinski definition) is 4. The van der Waals surface area contributed by atoms with Crippen LogP contribution in [0.3, 0.4) is 0 Å². The van der Waals surface area contributed by atoms with Gasteiger partial charge in [0.2, 0.25) is 0 Å². The number of aromatic carboxylic acids is 1. The molecule has 0 saturated heterocycles. The van der Waals surface area contributed by atoms with Crippen LogP contribution in [0.15, 0.2) is 24.3 Å². The maximum Gasteiger partial charge on any atom is 0.438 e. The quantitative estimate of drug-likeness (QED) is 0.789. The smallest absolute Gasteiger partial charge is 0.438 e. The van der Waals surface area contributed by atoms with Crippen molar-refractivity contribution in [2.24, 2.45) is 0 Å². The minimum atomic E-state index is -1.15. The van der Waals surface area contributed by atoms with Gasteiger partial charge in [0.25, 0.3) is 0 Å². The van der Waals surface area contributed by atoms with E-state index in [2.05, 4.69) is 4.74 Å². The Balaban J connectivity index is 3.19. The van der Waals surface area contributed by atoms with Gasteiger partial charge >= 0.3 is 12.1 Å². The summed E-state index contributed by atoms with van der Waals surface area (Å²) in [5.74, 6) is -1.15. The van der Waals surface area contributed by atoms with E-state index in [4.69, 9.17) is 9.94 Å². The molecule has 0 atom stereocenters. The normalized spacial score (nSPS) is 9.62. The molecule has 6 heteroatoms. The number of benzene rings is 1. The van der Waals surface area contributed by atoms with Crippen LogP contribution in [0.1, 0.15) is 10.4 Å². The summed E-state index contributed by atoms with van der Waals surface area (Å²) in [6.45, 7) is 0. The number of carboxylic acids is 1. The van der Waals surface area contributed by atoms with Crippen LogP contribution in [0.2, 0.25) is 0 Å². The second kappa shape index (κ2) is 5.13. The fourth-order valence-electron chi connectivity index (χ4n) is 1.19. The monoisotopic (exact) mass is 225 g/mol. The average molecular weight is 225 g/mol. The SMILES string of the molecule is COC(=O)N(OC)c1ccccc1C(=O)O. The lowest BCUT2D eigenvalue weighted by Gasteiger charge is -2.19. The van der Waals surface area contributed by atoms with Gasteiger partial charge in [-0.3, -0.25) is 4.84 Å². The maximum atomic E-state index is 11.3. The third kappa shape index (κ3) is 2.29. The molecule has 86 valence electrons. The summed E-state index contributed by atoms with van der Waals surface area (Å²) in [6.07, 6.45) is -0.795. The first kappa shape index (κ1) is 12.0. The molecule has 0 heterocycles. The molecule has 1 aromatic carbocycles. The Morgan fingerprint density at radius 1 is 1.25 bits per heavy atom. The minimum Gasteiger partial charge on any atom is -0.478 e. The Labute approximate surface area is 91.9 Å². The Morgan fingerprint density at radius 3 is 2.38 bits per heavy atom. The Hall–Kier alpha value is -2.08. The van der Waals surface area contributed by atoms with Gasteiger partial charge in [-0.1, -0.05) is 12.1 Å². The van der Waals surface area contributed by atoms with Gasteiger partial charge in [-0.15, -0.1) is 0 Å². The van der Waals surface area contributed by atoms with E-state index in [0.29, 0.717) is 0 Å². The van der Waals surface area contributed by atoms with E-state index in [0.717, 1.165) is 5.06 Å². The summed E-state index contributed by atoms with van der Waals surface area (Å²) in [4.78, 5) is 27.0. The number of amides is 1. The van der Waals surface area contributed by atoms with Crippen molar-refractivity contribution >= 4 is 17.7 Å². The van der Waals surface area contributed by atoms with E-state index < -0.39 is 12.1 Å². The van der Waals surface area contributed by atoms with E-state index in [1.165, 1.54) is 26.4 Å². The summed E-state index contributed by atoms with van der Waals surface area (Å²) >= 11 is 0. The summed E-state index contributed by atoms with van der Waals surface area (Å²) in [7, 11) is 2.42. The van der Waals surface area contributed by atoms with Crippen LogP contribution in [-0.4, -0.2) is 31.4 Å². The fraction of sp³-hybridized carbons (Fsp3) is 0.200. The van der Waals surface area contributed by atoms with Crippen LogP contribution in [0.4, 0.5) is 10.5 Å². The molecule has 0 aliphatic rings. The van der Waals surface area contributed by atoms with Crippen molar-refractivity contribution < 1.29 is 24.3 Å². The molecule has 6 nitrogen and oxygen atoms in total. The van der Waals surface area contributed by atoms with E-state index in [9.17, 15) is 9.59 Å². The number of carbonyl (C=O) groups is 2. The van der Waals surface area contributed by atoms with Crippen LogP contribution < -0.4 is 5.06 Å². The molecule has 1 aromatic rings. The Bertz CT molecular complexity index is 404. The lowest BCUT2D eigenvalue weighted by Crippen LogP contribution is -2.30. The van der Waals surface area contributed by atoms with Crippen molar-refractivity contribution in [3.8, 4) is 0 Å². The molecule has 1 rings (SSSR count). The van der Waals surface area contributed by atoms with Crippen LogP contribution >= 0.6 is 0 Å². The lowest BCUT2D eigenvalue weighted by atomic mass is 10.2. The second-order valence-electron chi connectivity index (χ2n) is 2.77. The van der Waals surface area contributed by atoms with Crippen LogP contribution in [0.25, 0.3) is 0 Å². The first-order chi connectivity index (χ1) is 7.61. The van der Waals surface area contributed by atoms with Crippen molar-refractivity contribution in [1.82, 2.24) is 0 Å². The number of rotatable bonds is 3. The van der Waals surface area contributed by atoms with Crippen molar-refractivity contribution in [2.45, 2.75) is 0 Å². The maximum absolute atomic E-state index is 11.3. The summed E-state index contributed by atoms with van der Waals surface area (Å²) in [5.41, 5.74) is 0.0686. The molecule has 0 aliphatic carbocycles. The number of para-hydroxylation sites is 1. The van der Waals surface area contributed by atoms with Crippen molar-refractivity contribution in [3.05, 3.63) is 29.8 Å². The van der Waals surface area contributed by atoms with Gasteiger partial charge in [-0.05, 0) is 12.1 Å². The minimum absolute atomic E-state index is 0.0465. The highest BCUT2D eigenvalue weighted by Crippen LogP contribution is 2.21. The van der Waals surface area contributed by atoms with Crippen LogP contribution in [0, 0.1) is 0 Å². The van der Waals surface area contributed by atoms with Crippen molar-refractivity contribution in [1.29, 1.82) is 0 Å². The van der Waals surface area contributed by atoms with Gasteiger partial charge in [0.15, 0.2) is 0 Å². The average Bonchev–Trinajstić information content (AvgIpc) is 2.30. The summed E-state index contributed by atoms with van der Waals surface area (Å²) in [6, 6.07) is 5.96. The molecule has 1 N–H and O–H groups in total. The third-order valence-electron chi connectivity index (χ3n) is 1.88. The highest BCUT2D eigenvalue weighted by Gasteiger charge is 2.21. The molecule has 0 unspecified atom stereocenters. The van der Waals surface area contributed by atoms with Gasteiger partial charge in [0.1, 0.15) is 0 Å². The predicted molar refractivity (Wildman–Crippen MR) is 55.3 cm³/mol. The van der Waals surface area contributed by atoms with E-state index >= 15 is 0 Å². The highest BCUT2D eigenvalue weighted by molar-refractivity contribution is 5.98. The molecule has 0 fully saturated rings. The number of hydroxylamine groups is 1. The van der Waals surface area contributed by atoms with E-state index in [1.54, 1.807) is 12.1 Å². The molecule has 1 amide bonds. The van der Waals surface area contributed by atoms with Gasteiger partial charge in [0.05, 0.1) is 25.5 Å². The lowest BCUT2D eigenvalue weighted by molar-refractivity contribution is 0.0694. The number of nitrogens with zero attached hydrogens (tertiary/aromatic N) is 1. The van der Waals surface area contributed by atoms with Gasteiger partial charge < -0.3 is 9.84 Å². The molecule has 0 bridgehead atoms. The molecule has 16 heavy (non-hydrogen) atoms. The third-order valence-corrected chi connectivity index (χ3v) is 1.88. The molecular formula is C10H11NO5. The molecule has 0 saturated carbocycles. The van der Waals surface area contributed by atoms with E-state index in [-0.39, 0.29) is 11.3 Å². The zero-order valence-corrected chi connectivity index (χ0v) is 8.84. The molecule has 0 radical (unpaired) electrons. The molecule has 0 aliphatic heterocycles. The first-order valence-electron chi connectivity index (χ1n) is 4.36. The fourth-order valence-corrected chi connectivity index (χ4v) is 1.19. The Morgan fingerprint density at radius 2 is 1.88 bits per heavy atom. The van der Waals surface area contributed by atoms with Gasteiger partial charge in [-0.25, -0.2) is 9.59 Å². The number of methoxy groups -OCH3 is 1. The highest BCUT2D eigenvalue weighted by atomic mass is 16.7. The standard InChI is InChI=1S/C10H11NO5/c1-15-10(14)11(16-2)8-6-4-3-5-7(8)9(12)13/h3-6H,1-2H3,(H,12,13). The van der Waals surface area contributed by atoms with Crippen molar-refractivity contribution in [2.75, 3.05) is 19.3 Å². The number of carboxylic acid groups (broad SMARTS) is 1. The zero-order chi connectivity index (χ0) is 12.1. The predicted octanol–water partition coefficient (Wildman–Crippen LogP) is 1.52. The molecule has 0 aromatic heterocycles. The number of ether oxygens (including phenoxy) is 1. The molecular weight excluding hydrogens is 214 g/mol.